The first-order valence-electron chi connectivity index (χ1n) is 6.29. The van der Waals surface area contributed by atoms with E-state index in [-0.39, 0.29) is 0 Å². The van der Waals surface area contributed by atoms with Crippen molar-refractivity contribution in [1.82, 2.24) is 0 Å². The number of hydrogen-bond donors (Lipinski definition) is 1. The molecule has 0 aliphatic heterocycles. The Labute approximate surface area is 128 Å². The SMILES string of the molecule is Cc1ccccc1.Cc1ccccc1.NC(=O)CS(=O)[O-]. The maximum absolute atomic E-state index is 9.64. The summed E-state index contributed by atoms with van der Waals surface area (Å²) in [5.74, 6) is -1.41. The van der Waals surface area contributed by atoms with E-state index >= 15 is 0 Å². The van der Waals surface area contributed by atoms with Crippen LogP contribution in [0, 0.1) is 13.8 Å². The maximum atomic E-state index is 9.64. The molecule has 0 heterocycles. The first-order valence-corrected chi connectivity index (χ1v) is 7.53. The van der Waals surface area contributed by atoms with Gasteiger partial charge in [0, 0.05) is 0 Å². The third-order valence-electron chi connectivity index (χ3n) is 2.14. The molecular weight excluding hydrogens is 286 g/mol. The van der Waals surface area contributed by atoms with Crippen LogP contribution in [0.1, 0.15) is 11.1 Å². The number of carbonyl (C=O) groups is 1. The van der Waals surface area contributed by atoms with E-state index < -0.39 is 22.7 Å². The van der Waals surface area contributed by atoms with Crippen LogP contribution in [0.5, 0.6) is 0 Å². The quantitative estimate of drug-likeness (QED) is 0.864. The Balaban J connectivity index is 0.000000286. The minimum Gasteiger partial charge on any atom is -0.772 e. The average molecular weight is 306 g/mol. The van der Waals surface area contributed by atoms with Gasteiger partial charge in [-0.1, -0.05) is 71.8 Å². The molecule has 0 bridgehead atoms. The Morgan fingerprint density at radius 2 is 1.29 bits per heavy atom. The van der Waals surface area contributed by atoms with Gasteiger partial charge in [-0.15, -0.1) is 0 Å². The lowest BCUT2D eigenvalue weighted by Gasteiger charge is -1.96. The van der Waals surface area contributed by atoms with E-state index in [0.29, 0.717) is 0 Å². The van der Waals surface area contributed by atoms with Gasteiger partial charge in [-0.3, -0.25) is 9.00 Å². The van der Waals surface area contributed by atoms with Crippen LogP contribution in [-0.4, -0.2) is 20.4 Å². The predicted octanol–water partition coefficient (Wildman–Crippen LogP) is 2.34. The molecule has 5 heteroatoms. The van der Waals surface area contributed by atoms with Crippen molar-refractivity contribution < 1.29 is 13.6 Å². The smallest absolute Gasteiger partial charge is 0.228 e. The van der Waals surface area contributed by atoms with E-state index in [1.807, 2.05) is 36.4 Å². The van der Waals surface area contributed by atoms with Gasteiger partial charge in [0.2, 0.25) is 5.91 Å². The second-order valence-corrected chi connectivity index (χ2v) is 5.12. The van der Waals surface area contributed by atoms with Crippen molar-refractivity contribution in [3.05, 3.63) is 71.8 Å². The fourth-order valence-corrected chi connectivity index (χ4v) is 1.42. The Hall–Kier alpha value is -1.98. The van der Waals surface area contributed by atoms with Crippen molar-refractivity contribution in [2.45, 2.75) is 13.8 Å². The molecule has 0 spiro atoms. The topological polar surface area (TPSA) is 83.2 Å². The summed E-state index contributed by atoms with van der Waals surface area (Å²) < 4.78 is 19.0. The molecule has 2 N–H and O–H groups in total. The lowest BCUT2D eigenvalue weighted by Crippen LogP contribution is -2.18. The highest BCUT2D eigenvalue weighted by molar-refractivity contribution is 7.79. The van der Waals surface area contributed by atoms with E-state index in [9.17, 15) is 13.6 Å². The number of aryl methyl sites for hydroxylation is 2. The lowest BCUT2D eigenvalue weighted by molar-refractivity contribution is -0.115. The van der Waals surface area contributed by atoms with Crippen LogP contribution in [-0.2, 0) is 15.9 Å². The summed E-state index contributed by atoms with van der Waals surface area (Å²) in [5.41, 5.74) is 7.10. The molecule has 0 aromatic heterocycles. The van der Waals surface area contributed by atoms with Crippen LogP contribution in [0.2, 0.25) is 0 Å². The highest BCUT2D eigenvalue weighted by Gasteiger charge is 1.88. The third-order valence-corrected chi connectivity index (χ3v) is 2.66. The first-order chi connectivity index (χ1) is 9.91. The third kappa shape index (κ3) is 14.2. The second kappa shape index (κ2) is 11.8. The molecule has 0 saturated carbocycles. The van der Waals surface area contributed by atoms with E-state index in [0.717, 1.165) is 0 Å². The average Bonchev–Trinajstić information content (AvgIpc) is 2.40. The standard InChI is InChI=1S/2C7H8.C2H5NO3S/c2*1-7-5-3-2-4-6-7;3-2(4)1-7(5)6/h2*2-6H,1H3;1H2,(H2,3,4)(H,5,6)/p-1. The van der Waals surface area contributed by atoms with Crippen LogP contribution in [0.3, 0.4) is 0 Å². The molecule has 0 aliphatic rings. The molecule has 0 fully saturated rings. The van der Waals surface area contributed by atoms with Crippen LogP contribution in [0.25, 0.3) is 0 Å². The molecule has 114 valence electrons. The van der Waals surface area contributed by atoms with Crippen molar-refractivity contribution >= 4 is 17.0 Å². The van der Waals surface area contributed by atoms with Gasteiger partial charge in [-0.2, -0.15) is 0 Å². The summed E-state index contributed by atoms with van der Waals surface area (Å²) in [6, 6.07) is 20.5. The fraction of sp³-hybridized carbons (Fsp3) is 0.188. The highest BCUT2D eigenvalue weighted by Crippen LogP contribution is 1.92. The summed E-state index contributed by atoms with van der Waals surface area (Å²) in [7, 11) is 0. The van der Waals surface area contributed by atoms with Crippen LogP contribution >= 0.6 is 0 Å². The molecule has 4 nitrogen and oxygen atoms in total. The molecule has 2 rings (SSSR count). The van der Waals surface area contributed by atoms with Gasteiger partial charge in [0.15, 0.2) is 0 Å². The molecule has 0 saturated heterocycles. The molecule has 2 aromatic carbocycles. The number of benzene rings is 2. The van der Waals surface area contributed by atoms with Crippen molar-refractivity contribution in [2.24, 2.45) is 5.73 Å². The van der Waals surface area contributed by atoms with Gasteiger partial charge in [0.25, 0.3) is 0 Å². The number of amides is 1. The number of primary amides is 1. The van der Waals surface area contributed by atoms with E-state index in [2.05, 4.69) is 43.8 Å². The number of hydrogen-bond acceptors (Lipinski definition) is 3. The summed E-state index contributed by atoms with van der Waals surface area (Å²) in [4.78, 5) is 9.64. The molecule has 21 heavy (non-hydrogen) atoms. The molecule has 1 unspecified atom stereocenters. The molecular formula is C16H20NO3S-. The predicted molar refractivity (Wildman–Crippen MR) is 85.3 cm³/mol. The Bertz CT molecular complexity index is 480. The maximum Gasteiger partial charge on any atom is 0.228 e. The lowest BCUT2D eigenvalue weighted by atomic mass is 10.2. The van der Waals surface area contributed by atoms with Crippen LogP contribution < -0.4 is 5.73 Å². The monoisotopic (exact) mass is 306 g/mol. The Morgan fingerprint density at radius 1 is 0.952 bits per heavy atom. The number of nitrogens with two attached hydrogens (primary N) is 1. The summed E-state index contributed by atoms with van der Waals surface area (Å²) in [6.07, 6.45) is 0. The minimum atomic E-state index is -2.32. The van der Waals surface area contributed by atoms with E-state index in [1.165, 1.54) is 11.1 Å². The van der Waals surface area contributed by atoms with Gasteiger partial charge in [-0.25, -0.2) is 0 Å². The Morgan fingerprint density at radius 3 is 1.38 bits per heavy atom. The molecule has 0 aliphatic carbocycles. The van der Waals surface area contributed by atoms with Gasteiger partial charge in [-0.05, 0) is 24.9 Å². The largest absolute Gasteiger partial charge is 0.772 e. The molecule has 0 radical (unpaired) electrons. The summed E-state index contributed by atoms with van der Waals surface area (Å²) >= 11 is -2.32. The molecule has 2 aromatic rings. The molecule has 1 amide bonds. The van der Waals surface area contributed by atoms with Crippen molar-refractivity contribution in [2.75, 3.05) is 5.75 Å². The van der Waals surface area contributed by atoms with Gasteiger partial charge in [0.1, 0.15) is 0 Å². The Kier molecular flexibility index (Phi) is 10.7. The van der Waals surface area contributed by atoms with E-state index in [1.54, 1.807) is 0 Å². The molecule has 1 atom stereocenters. The van der Waals surface area contributed by atoms with Gasteiger partial charge >= 0.3 is 0 Å². The number of rotatable bonds is 2. The first kappa shape index (κ1) is 19.0. The van der Waals surface area contributed by atoms with Crippen molar-refractivity contribution in [3.8, 4) is 0 Å². The highest BCUT2D eigenvalue weighted by atomic mass is 32.2. The fourth-order valence-electron chi connectivity index (χ4n) is 1.18. The summed E-state index contributed by atoms with van der Waals surface area (Å²) in [6.45, 7) is 4.17. The van der Waals surface area contributed by atoms with Crippen molar-refractivity contribution in [3.63, 3.8) is 0 Å². The number of carbonyl (C=O) groups excluding carboxylic acids is 1. The van der Waals surface area contributed by atoms with E-state index in [4.69, 9.17) is 0 Å². The van der Waals surface area contributed by atoms with Crippen molar-refractivity contribution in [1.29, 1.82) is 0 Å². The summed E-state index contributed by atoms with van der Waals surface area (Å²) in [5, 5.41) is 0. The zero-order valence-electron chi connectivity index (χ0n) is 12.2. The zero-order chi connectivity index (χ0) is 16.1. The second-order valence-electron chi connectivity index (χ2n) is 4.22. The normalized spacial score (nSPS) is 10.2. The van der Waals surface area contributed by atoms with Crippen LogP contribution in [0.15, 0.2) is 60.7 Å². The van der Waals surface area contributed by atoms with Crippen LogP contribution in [0.4, 0.5) is 0 Å². The zero-order valence-corrected chi connectivity index (χ0v) is 13.0. The van der Waals surface area contributed by atoms with Gasteiger partial charge in [0.05, 0.1) is 5.75 Å². The minimum absolute atomic E-state index is 0.583. The van der Waals surface area contributed by atoms with Gasteiger partial charge < -0.3 is 10.3 Å².